The van der Waals surface area contributed by atoms with E-state index in [1.165, 1.54) is 29.7 Å². The van der Waals surface area contributed by atoms with Gasteiger partial charge in [-0.05, 0) is 79.3 Å². The van der Waals surface area contributed by atoms with E-state index < -0.39 is 12.6 Å². The third-order valence-corrected chi connectivity index (χ3v) is 7.30. The van der Waals surface area contributed by atoms with Crippen molar-refractivity contribution in [1.29, 1.82) is 0 Å². The van der Waals surface area contributed by atoms with E-state index in [0.29, 0.717) is 29.8 Å². The van der Waals surface area contributed by atoms with Gasteiger partial charge in [-0.1, -0.05) is 30.3 Å². The fourth-order valence-electron chi connectivity index (χ4n) is 5.28. The second-order valence-corrected chi connectivity index (χ2v) is 9.42. The maximum absolute atomic E-state index is 13.3. The minimum absolute atomic E-state index is 0.179. The second kappa shape index (κ2) is 10.4. The highest BCUT2D eigenvalue weighted by atomic mass is 16.5. The van der Waals surface area contributed by atoms with Crippen molar-refractivity contribution in [2.75, 3.05) is 18.6 Å². The summed E-state index contributed by atoms with van der Waals surface area (Å²) in [4.78, 5) is 52.4. The first-order valence-electron chi connectivity index (χ1n) is 12.3. The summed E-state index contributed by atoms with van der Waals surface area (Å²) in [6.45, 7) is -0.401. The van der Waals surface area contributed by atoms with Crippen molar-refractivity contribution in [2.24, 2.45) is 11.8 Å². The number of fused-ring (bicyclic) bond motifs is 1. The number of ketones is 1. The van der Waals surface area contributed by atoms with Crippen LogP contribution in [0.2, 0.25) is 0 Å². The number of ether oxygens (including phenoxy) is 2. The molecule has 2 amide bonds. The summed E-state index contributed by atoms with van der Waals surface area (Å²) in [5.74, 6) is -1.11. The van der Waals surface area contributed by atoms with Crippen LogP contribution in [0.4, 0.5) is 5.69 Å². The van der Waals surface area contributed by atoms with Crippen molar-refractivity contribution >= 4 is 29.3 Å². The van der Waals surface area contributed by atoms with E-state index in [-0.39, 0.29) is 40.9 Å². The average Bonchev–Trinajstić information content (AvgIpc) is 3.21. The van der Waals surface area contributed by atoms with Gasteiger partial charge in [-0.25, -0.2) is 4.79 Å². The number of nitrogens with zero attached hydrogens (tertiary/aromatic N) is 1. The number of Topliss-reactive ketones (excluding diaryl/α,β-unsaturated/α-hetero) is 1. The Morgan fingerprint density at radius 3 is 2.14 bits per heavy atom. The lowest BCUT2D eigenvalue weighted by Crippen LogP contribution is -2.30. The van der Waals surface area contributed by atoms with Gasteiger partial charge < -0.3 is 9.47 Å². The Balaban J connectivity index is 1.22. The largest absolute Gasteiger partial charge is 0.497 e. The molecule has 0 radical (unpaired) electrons. The summed E-state index contributed by atoms with van der Waals surface area (Å²) >= 11 is 0. The van der Waals surface area contributed by atoms with Gasteiger partial charge in [-0.2, -0.15) is 0 Å². The summed E-state index contributed by atoms with van der Waals surface area (Å²) in [5, 5.41) is 0. The highest BCUT2D eigenvalue weighted by molar-refractivity contribution is 6.22. The number of benzene rings is 3. The minimum atomic E-state index is -0.660. The molecule has 3 atom stereocenters. The lowest BCUT2D eigenvalue weighted by Gasteiger charge is -2.28. The molecular weight excluding hydrogens is 470 g/mol. The molecule has 2 fully saturated rings. The maximum atomic E-state index is 13.3. The Labute approximate surface area is 215 Å². The second-order valence-electron chi connectivity index (χ2n) is 9.42. The van der Waals surface area contributed by atoms with Gasteiger partial charge in [-0.3, -0.25) is 19.3 Å². The Morgan fingerprint density at radius 1 is 0.811 bits per heavy atom. The van der Waals surface area contributed by atoms with Crippen molar-refractivity contribution in [3.8, 4) is 5.75 Å². The van der Waals surface area contributed by atoms with Crippen molar-refractivity contribution in [3.05, 3.63) is 95.6 Å². The molecule has 3 aromatic carbocycles. The van der Waals surface area contributed by atoms with Crippen LogP contribution in [-0.2, 0) is 14.3 Å². The van der Waals surface area contributed by atoms with Gasteiger partial charge in [0.2, 0.25) is 11.8 Å². The van der Waals surface area contributed by atoms with Crippen LogP contribution >= 0.6 is 0 Å². The minimum Gasteiger partial charge on any atom is -0.497 e. The van der Waals surface area contributed by atoms with Crippen LogP contribution in [-0.4, -0.2) is 37.3 Å². The van der Waals surface area contributed by atoms with E-state index in [2.05, 4.69) is 12.1 Å². The highest BCUT2D eigenvalue weighted by Crippen LogP contribution is 2.45. The van der Waals surface area contributed by atoms with Gasteiger partial charge in [-0.15, -0.1) is 0 Å². The molecule has 0 N–H and O–H groups in total. The zero-order chi connectivity index (χ0) is 25.9. The smallest absolute Gasteiger partial charge is 0.338 e. The zero-order valence-electron chi connectivity index (χ0n) is 20.5. The maximum Gasteiger partial charge on any atom is 0.338 e. The molecule has 1 heterocycles. The number of carbonyl (C=O) groups is 4. The first-order valence-corrected chi connectivity index (χ1v) is 12.3. The van der Waals surface area contributed by atoms with E-state index in [9.17, 15) is 19.2 Å². The number of hydrogen-bond donors (Lipinski definition) is 0. The van der Waals surface area contributed by atoms with Gasteiger partial charge in [0, 0.05) is 5.56 Å². The van der Waals surface area contributed by atoms with Crippen molar-refractivity contribution in [3.63, 3.8) is 0 Å². The number of imide groups is 1. The molecular formula is C30H27NO6. The molecule has 7 nitrogen and oxygen atoms in total. The van der Waals surface area contributed by atoms with Crippen molar-refractivity contribution in [2.45, 2.75) is 25.2 Å². The average molecular weight is 498 g/mol. The summed E-state index contributed by atoms with van der Waals surface area (Å²) in [5.41, 5.74) is 2.28. The topological polar surface area (TPSA) is 90.0 Å². The molecule has 0 aromatic heterocycles. The lowest BCUT2D eigenvalue weighted by atomic mass is 9.73. The van der Waals surface area contributed by atoms with Crippen LogP contribution < -0.4 is 9.64 Å². The molecule has 0 spiro atoms. The molecule has 1 aliphatic heterocycles. The molecule has 0 unspecified atom stereocenters. The molecule has 0 bridgehead atoms. The van der Waals surface area contributed by atoms with Gasteiger partial charge in [0.05, 0.1) is 30.2 Å². The number of rotatable bonds is 7. The highest BCUT2D eigenvalue weighted by Gasteiger charge is 2.50. The molecule has 1 saturated carbocycles. The third kappa shape index (κ3) is 4.89. The summed E-state index contributed by atoms with van der Waals surface area (Å²) < 4.78 is 10.2. The van der Waals surface area contributed by atoms with Crippen LogP contribution in [0, 0.1) is 11.8 Å². The third-order valence-electron chi connectivity index (χ3n) is 7.30. The van der Waals surface area contributed by atoms with Crippen LogP contribution in [0.3, 0.4) is 0 Å². The van der Waals surface area contributed by atoms with E-state index in [1.807, 2.05) is 18.2 Å². The molecule has 37 heavy (non-hydrogen) atoms. The van der Waals surface area contributed by atoms with Crippen LogP contribution in [0.15, 0.2) is 78.9 Å². The van der Waals surface area contributed by atoms with E-state index in [4.69, 9.17) is 9.47 Å². The standard InChI is InChI=1S/C30H27NO6/c1-36-24-14-9-20(10-15-24)27(32)18-37-30(35)21-7-12-23(13-8-21)31-28(33)25-16-11-22(17-26(25)29(31)34)19-5-3-2-4-6-19/h2-10,12-15,22,25-26H,11,16-18H2,1H3/t22-,25-,26-/m0/s1. The monoisotopic (exact) mass is 497 g/mol. The predicted octanol–water partition coefficient (Wildman–Crippen LogP) is 4.81. The number of anilines is 1. The Hall–Kier alpha value is -4.26. The number of methoxy groups -OCH3 is 1. The van der Waals surface area contributed by atoms with Gasteiger partial charge >= 0.3 is 5.97 Å². The van der Waals surface area contributed by atoms with Crippen molar-refractivity contribution in [1.82, 2.24) is 0 Å². The summed E-state index contributed by atoms with van der Waals surface area (Å²) in [7, 11) is 1.54. The fourth-order valence-corrected chi connectivity index (χ4v) is 5.28. The quantitative estimate of drug-likeness (QED) is 0.264. The number of esters is 1. The molecule has 188 valence electrons. The van der Waals surface area contributed by atoms with Crippen molar-refractivity contribution < 1.29 is 28.7 Å². The van der Waals surface area contributed by atoms with E-state index >= 15 is 0 Å². The molecule has 1 saturated heterocycles. The van der Waals surface area contributed by atoms with Crippen LogP contribution in [0.5, 0.6) is 5.75 Å². The Kier molecular flexibility index (Phi) is 6.86. The number of carbonyl (C=O) groups excluding carboxylic acids is 4. The SMILES string of the molecule is COc1ccc(C(=O)COC(=O)c2ccc(N3C(=O)[C@H]4CC[C@H](c5ccccc5)C[C@@H]4C3=O)cc2)cc1. The first kappa shape index (κ1) is 24.4. The van der Waals surface area contributed by atoms with Crippen LogP contribution in [0.1, 0.15) is 51.5 Å². The molecule has 7 heteroatoms. The van der Waals surface area contributed by atoms with Gasteiger partial charge in [0.25, 0.3) is 0 Å². The predicted molar refractivity (Wildman–Crippen MR) is 137 cm³/mol. The summed E-state index contributed by atoms with van der Waals surface area (Å²) in [6, 6.07) is 22.8. The number of amides is 2. The molecule has 3 aromatic rings. The van der Waals surface area contributed by atoms with Gasteiger partial charge in [0.15, 0.2) is 12.4 Å². The normalized spacial score (nSPS) is 20.9. The first-order chi connectivity index (χ1) is 18.0. The number of hydrogen-bond acceptors (Lipinski definition) is 6. The zero-order valence-corrected chi connectivity index (χ0v) is 20.5. The molecule has 5 rings (SSSR count). The molecule has 2 aliphatic rings. The summed E-state index contributed by atoms with van der Waals surface area (Å²) in [6.07, 6.45) is 2.21. The Bertz CT molecular complexity index is 1320. The van der Waals surface area contributed by atoms with Crippen LogP contribution in [0.25, 0.3) is 0 Å². The van der Waals surface area contributed by atoms with E-state index in [1.54, 1.807) is 36.4 Å². The lowest BCUT2D eigenvalue weighted by molar-refractivity contribution is -0.122. The van der Waals surface area contributed by atoms with E-state index in [0.717, 1.165) is 6.42 Å². The molecule has 1 aliphatic carbocycles. The van der Waals surface area contributed by atoms with Gasteiger partial charge in [0.1, 0.15) is 5.75 Å². The fraction of sp³-hybridized carbons (Fsp3) is 0.267. The Morgan fingerprint density at radius 2 is 1.46 bits per heavy atom.